The highest BCUT2D eigenvalue weighted by atomic mass is 35.5. The molecule has 3 nitrogen and oxygen atoms in total. The maximum absolute atomic E-state index is 5.85. The standard InChI is InChI=1S/C12H12ClN3/c1-7-3-4-9(8(2)5-7)10-6-11(13)16-12(14)15-10/h3-6H,1-2H3,(H2,14,15,16). The van der Waals surface area contributed by atoms with Crippen LogP contribution in [0.25, 0.3) is 11.3 Å². The lowest BCUT2D eigenvalue weighted by Gasteiger charge is -2.07. The van der Waals surface area contributed by atoms with Crippen LogP contribution in [0.5, 0.6) is 0 Å². The number of halogens is 1. The molecule has 4 heteroatoms. The van der Waals surface area contributed by atoms with Crippen LogP contribution in [0.15, 0.2) is 24.3 Å². The zero-order valence-corrected chi connectivity index (χ0v) is 9.92. The summed E-state index contributed by atoms with van der Waals surface area (Å²) in [4.78, 5) is 8.02. The minimum Gasteiger partial charge on any atom is -0.368 e. The fourth-order valence-corrected chi connectivity index (χ4v) is 1.86. The second-order valence-electron chi connectivity index (χ2n) is 3.75. The second kappa shape index (κ2) is 4.10. The molecule has 0 saturated heterocycles. The largest absolute Gasteiger partial charge is 0.368 e. The van der Waals surface area contributed by atoms with Crippen molar-refractivity contribution < 1.29 is 0 Å². The molecule has 0 spiro atoms. The lowest BCUT2D eigenvalue weighted by molar-refractivity contribution is 1.18. The normalized spacial score (nSPS) is 10.4. The number of rotatable bonds is 1. The number of aromatic nitrogens is 2. The third-order valence-electron chi connectivity index (χ3n) is 2.37. The fraction of sp³-hybridized carbons (Fsp3) is 0.167. The zero-order chi connectivity index (χ0) is 11.7. The lowest BCUT2D eigenvalue weighted by Crippen LogP contribution is -1.97. The van der Waals surface area contributed by atoms with Crippen LogP contribution in [0.2, 0.25) is 5.15 Å². The molecule has 1 aromatic carbocycles. The number of benzene rings is 1. The van der Waals surface area contributed by atoms with Crippen LogP contribution in [-0.4, -0.2) is 9.97 Å². The lowest BCUT2D eigenvalue weighted by atomic mass is 10.0. The summed E-state index contributed by atoms with van der Waals surface area (Å²) < 4.78 is 0. The predicted molar refractivity (Wildman–Crippen MR) is 66.4 cm³/mol. The zero-order valence-electron chi connectivity index (χ0n) is 9.16. The van der Waals surface area contributed by atoms with Crippen molar-refractivity contribution in [2.45, 2.75) is 13.8 Å². The van der Waals surface area contributed by atoms with Crippen molar-refractivity contribution in [2.24, 2.45) is 0 Å². The van der Waals surface area contributed by atoms with Crippen LogP contribution in [0, 0.1) is 13.8 Å². The van der Waals surface area contributed by atoms with Gasteiger partial charge in [-0.3, -0.25) is 0 Å². The van der Waals surface area contributed by atoms with Crippen molar-refractivity contribution in [2.75, 3.05) is 5.73 Å². The second-order valence-corrected chi connectivity index (χ2v) is 4.14. The van der Waals surface area contributed by atoms with E-state index in [1.165, 1.54) is 5.56 Å². The van der Waals surface area contributed by atoms with Crippen LogP contribution in [-0.2, 0) is 0 Å². The first-order valence-corrected chi connectivity index (χ1v) is 5.32. The summed E-state index contributed by atoms with van der Waals surface area (Å²) in [5, 5.41) is 0.363. The van der Waals surface area contributed by atoms with Crippen LogP contribution in [0.1, 0.15) is 11.1 Å². The van der Waals surface area contributed by atoms with E-state index in [0.717, 1.165) is 16.8 Å². The van der Waals surface area contributed by atoms with E-state index < -0.39 is 0 Å². The SMILES string of the molecule is Cc1ccc(-c2cc(Cl)nc(N)n2)c(C)c1. The summed E-state index contributed by atoms with van der Waals surface area (Å²) in [5.74, 6) is 0.197. The van der Waals surface area contributed by atoms with Crippen LogP contribution in [0.4, 0.5) is 5.95 Å². The van der Waals surface area contributed by atoms with Gasteiger partial charge >= 0.3 is 0 Å². The van der Waals surface area contributed by atoms with E-state index in [-0.39, 0.29) is 5.95 Å². The van der Waals surface area contributed by atoms with E-state index in [2.05, 4.69) is 23.0 Å². The Balaban J connectivity index is 2.58. The maximum Gasteiger partial charge on any atom is 0.221 e. The Morgan fingerprint density at radius 2 is 1.88 bits per heavy atom. The van der Waals surface area contributed by atoms with Gasteiger partial charge in [-0.1, -0.05) is 35.4 Å². The molecular weight excluding hydrogens is 222 g/mol. The molecular formula is C12H12ClN3. The van der Waals surface area contributed by atoms with Gasteiger partial charge in [0.1, 0.15) is 5.15 Å². The van der Waals surface area contributed by atoms with Gasteiger partial charge in [0.15, 0.2) is 0 Å². The molecule has 0 fully saturated rings. The Morgan fingerprint density at radius 1 is 1.12 bits per heavy atom. The fourth-order valence-electron chi connectivity index (χ4n) is 1.67. The highest BCUT2D eigenvalue weighted by Crippen LogP contribution is 2.24. The molecule has 0 aliphatic heterocycles. The Hall–Kier alpha value is -1.61. The van der Waals surface area contributed by atoms with E-state index in [4.69, 9.17) is 17.3 Å². The maximum atomic E-state index is 5.85. The molecule has 0 aliphatic rings. The van der Waals surface area contributed by atoms with Crippen LogP contribution >= 0.6 is 11.6 Å². The molecule has 0 atom stereocenters. The smallest absolute Gasteiger partial charge is 0.221 e. The summed E-state index contributed by atoms with van der Waals surface area (Å²) in [7, 11) is 0. The highest BCUT2D eigenvalue weighted by molar-refractivity contribution is 6.29. The topological polar surface area (TPSA) is 51.8 Å². The summed E-state index contributed by atoms with van der Waals surface area (Å²) in [6.45, 7) is 4.09. The van der Waals surface area contributed by atoms with Crippen molar-refractivity contribution in [1.82, 2.24) is 9.97 Å². The average Bonchev–Trinajstić information content (AvgIpc) is 2.15. The third kappa shape index (κ3) is 2.14. The molecule has 2 N–H and O–H groups in total. The number of nitrogens with zero attached hydrogens (tertiary/aromatic N) is 2. The number of aryl methyl sites for hydroxylation is 2. The third-order valence-corrected chi connectivity index (χ3v) is 2.56. The highest BCUT2D eigenvalue weighted by Gasteiger charge is 2.06. The quantitative estimate of drug-likeness (QED) is 0.771. The average molecular weight is 234 g/mol. The Labute approximate surface area is 99.3 Å². The van der Waals surface area contributed by atoms with Gasteiger partial charge in [-0.15, -0.1) is 0 Å². The summed E-state index contributed by atoms with van der Waals surface area (Å²) in [6.07, 6.45) is 0. The molecule has 82 valence electrons. The van der Waals surface area contributed by atoms with E-state index in [0.29, 0.717) is 5.15 Å². The first kappa shape index (κ1) is 10.9. The monoisotopic (exact) mass is 233 g/mol. The minimum absolute atomic E-state index is 0.197. The van der Waals surface area contributed by atoms with Gasteiger partial charge in [0.2, 0.25) is 5.95 Å². The summed E-state index contributed by atoms with van der Waals surface area (Å²) >= 11 is 5.85. The Morgan fingerprint density at radius 3 is 2.50 bits per heavy atom. The van der Waals surface area contributed by atoms with E-state index in [9.17, 15) is 0 Å². The van der Waals surface area contributed by atoms with Gasteiger partial charge in [-0.2, -0.15) is 0 Å². The van der Waals surface area contributed by atoms with Gasteiger partial charge in [-0.05, 0) is 19.4 Å². The molecule has 0 saturated carbocycles. The van der Waals surface area contributed by atoms with Crippen molar-refractivity contribution in [3.05, 3.63) is 40.5 Å². The van der Waals surface area contributed by atoms with E-state index in [1.807, 2.05) is 19.1 Å². The molecule has 0 unspecified atom stereocenters. The van der Waals surface area contributed by atoms with E-state index >= 15 is 0 Å². The van der Waals surface area contributed by atoms with Crippen molar-refractivity contribution in [1.29, 1.82) is 0 Å². The van der Waals surface area contributed by atoms with Crippen molar-refractivity contribution in [3.63, 3.8) is 0 Å². The molecule has 0 amide bonds. The van der Waals surface area contributed by atoms with E-state index in [1.54, 1.807) is 6.07 Å². The molecule has 0 bridgehead atoms. The number of hydrogen-bond donors (Lipinski definition) is 1. The summed E-state index contributed by atoms with van der Waals surface area (Å²) in [5.41, 5.74) is 9.72. The van der Waals surface area contributed by atoms with Gasteiger partial charge in [0, 0.05) is 11.6 Å². The van der Waals surface area contributed by atoms with Gasteiger partial charge < -0.3 is 5.73 Å². The first-order chi connectivity index (χ1) is 7.56. The Kier molecular flexibility index (Phi) is 2.79. The number of nitrogen functional groups attached to an aromatic ring is 1. The molecule has 2 rings (SSSR count). The van der Waals surface area contributed by atoms with Crippen LogP contribution < -0.4 is 5.73 Å². The predicted octanol–water partition coefficient (Wildman–Crippen LogP) is 3.00. The molecule has 2 aromatic rings. The molecule has 1 aromatic heterocycles. The number of nitrogens with two attached hydrogens (primary N) is 1. The molecule has 0 radical (unpaired) electrons. The first-order valence-electron chi connectivity index (χ1n) is 4.94. The molecule has 1 heterocycles. The van der Waals surface area contributed by atoms with Crippen LogP contribution in [0.3, 0.4) is 0 Å². The molecule has 0 aliphatic carbocycles. The van der Waals surface area contributed by atoms with Gasteiger partial charge in [-0.25, -0.2) is 9.97 Å². The van der Waals surface area contributed by atoms with Gasteiger partial charge in [0.25, 0.3) is 0 Å². The van der Waals surface area contributed by atoms with Crippen molar-refractivity contribution in [3.8, 4) is 11.3 Å². The molecule has 16 heavy (non-hydrogen) atoms. The van der Waals surface area contributed by atoms with Crippen molar-refractivity contribution >= 4 is 17.5 Å². The minimum atomic E-state index is 0.197. The Bertz CT molecular complexity index is 518. The number of hydrogen-bond acceptors (Lipinski definition) is 3. The number of anilines is 1. The summed E-state index contributed by atoms with van der Waals surface area (Å²) in [6, 6.07) is 7.87. The van der Waals surface area contributed by atoms with Gasteiger partial charge in [0.05, 0.1) is 5.69 Å².